The second kappa shape index (κ2) is 8.44. The van der Waals surface area contributed by atoms with E-state index in [0.717, 1.165) is 49.3 Å². The van der Waals surface area contributed by atoms with Crippen LogP contribution < -0.4 is 20.6 Å². The Morgan fingerprint density at radius 2 is 1.81 bits per heavy atom. The van der Waals surface area contributed by atoms with Gasteiger partial charge in [-0.2, -0.15) is 0 Å². The fourth-order valence-electron chi connectivity index (χ4n) is 4.55. The number of methoxy groups -OCH3 is 1. The first-order chi connectivity index (χ1) is 15.2. The van der Waals surface area contributed by atoms with Crippen molar-refractivity contribution in [2.75, 3.05) is 25.1 Å². The average molecular weight is 415 g/mol. The van der Waals surface area contributed by atoms with Crippen LogP contribution in [0.1, 0.15) is 18.4 Å². The van der Waals surface area contributed by atoms with Gasteiger partial charge in [-0.1, -0.05) is 36.4 Å². The number of fused-ring (bicyclic) bond motifs is 2. The number of nitrogens with one attached hydrogen (secondary N) is 1. The smallest absolute Gasteiger partial charge is 0.338 e. The maximum Gasteiger partial charge on any atom is 0.338 e. The van der Waals surface area contributed by atoms with Gasteiger partial charge in [-0.25, -0.2) is 4.79 Å². The van der Waals surface area contributed by atoms with Crippen molar-refractivity contribution in [3.63, 3.8) is 0 Å². The molecule has 5 rings (SSSR count). The fourth-order valence-corrected chi connectivity index (χ4v) is 4.55. The number of rotatable bonds is 5. The minimum Gasteiger partial charge on any atom is -0.497 e. The quantitative estimate of drug-likeness (QED) is 0.479. The molecule has 31 heavy (non-hydrogen) atoms. The highest BCUT2D eigenvalue weighted by Crippen LogP contribution is 2.33. The Morgan fingerprint density at radius 3 is 2.61 bits per heavy atom. The Balaban J connectivity index is 1.63. The summed E-state index contributed by atoms with van der Waals surface area (Å²) in [5.74, 6) is 0.749. The maximum atomic E-state index is 12.4. The van der Waals surface area contributed by atoms with Crippen LogP contribution in [0, 0.1) is 0 Å². The molecule has 0 radical (unpaired) electrons. The highest BCUT2D eigenvalue weighted by Gasteiger charge is 2.24. The monoisotopic (exact) mass is 414 g/mol. The van der Waals surface area contributed by atoms with E-state index < -0.39 is 0 Å². The van der Waals surface area contributed by atoms with Gasteiger partial charge in [-0.3, -0.25) is 0 Å². The lowest BCUT2D eigenvalue weighted by molar-refractivity contribution is 0.414. The van der Waals surface area contributed by atoms with E-state index in [9.17, 15) is 4.79 Å². The summed E-state index contributed by atoms with van der Waals surface area (Å²) in [7, 11) is 1.65. The zero-order valence-electron chi connectivity index (χ0n) is 17.6. The van der Waals surface area contributed by atoms with Crippen molar-refractivity contribution in [2.45, 2.75) is 25.4 Å². The van der Waals surface area contributed by atoms with Crippen LogP contribution in [-0.4, -0.2) is 26.2 Å². The molecule has 0 saturated carbocycles. The van der Waals surface area contributed by atoms with Gasteiger partial charge >= 0.3 is 5.63 Å². The summed E-state index contributed by atoms with van der Waals surface area (Å²) < 4.78 is 10.9. The molecule has 0 atom stereocenters. The van der Waals surface area contributed by atoms with Crippen LogP contribution >= 0.6 is 0 Å². The number of nitrogens with zero attached hydrogens (tertiary/aromatic N) is 1. The molecule has 158 valence electrons. The summed E-state index contributed by atoms with van der Waals surface area (Å²) in [6, 6.07) is 22.6. The molecule has 4 aromatic rings. The van der Waals surface area contributed by atoms with Crippen molar-refractivity contribution in [1.29, 1.82) is 0 Å². The molecule has 0 bridgehead atoms. The minimum absolute atomic E-state index is 0.329. The van der Waals surface area contributed by atoms with E-state index in [4.69, 9.17) is 9.15 Å². The van der Waals surface area contributed by atoms with Crippen LogP contribution in [0.15, 0.2) is 75.9 Å². The molecule has 0 spiro atoms. The number of hydrogen-bond acceptors (Lipinski definition) is 5. The summed E-state index contributed by atoms with van der Waals surface area (Å²) in [5, 5.41) is 6.81. The first-order valence-corrected chi connectivity index (χ1v) is 10.8. The van der Waals surface area contributed by atoms with E-state index >= 15 is 0 Å². The molecule has 5 heteroatoms. The highest BCUT2D eigenvalue weighted by molar-refractivity contribution is 5.91. The Hall–Kier alpha value is -3.31. The third-order valence-corrected chi connectivity index (χ3v) is 6.15. The van der Waals surface area contributed by atoms with Crippen molar-refractivity contribution in [1.82, 2.24) is 5.32 Å². The lowest BCUT2D eigenvalue weighted by atomic mass is 10.0. The lowest BCUT2D eigenvalue weighted by Crippen LogP contribution is -2.43. The van der Waals surface area contributed by atoms with Crippen molar-refractivity contribution in [3.8, 4) is 5.75 Å². The summed E-state index contributed by atoms with van der Waals surface area (Å²) >= 11 is 0. The fraction of sp³-hybridized carbons (Fsp3) is 0.269. The van der Waals surface area contributed by atoms with Crippen molar-refractivity contribution in [2.24, 2.45) is 0 Å². The van der Waals surface area contributed by atoms with Gasteiger partial charge in [-0.05, 0) is 66.5 Å². The molecule has 1 aliphatic rings. The molecule has 2 heterocycles. The molecule has 1 aliphatic heterocycles. The summed E-state index contributed by atoms with van der Waals surface area (Å²) in [6.07, 6.45) is 2.05. The molecule has 5 nitrogen and oxygen atoms in total. The second-order valence-electron chi connectivity index (χ2n) is 8.10. The first-order valence-electron chi connectivity index (χ1n) is 10.8. The zero-order chi connectivity index (χ0) is 21.2. The number of hydrogen-bond donors (Lipinski definition) is 1. The van der Waals surface area contributed by atoms with Crippen LogP contribution in [0.3, 0.4) is 0 Å². The van der Waals surface area contributed by atoms with E-state index in [1.807, 2.05) is 18.2 Å². The third kappa shape index (κ3) is 4.01. The SMILES string of the molecule is COc1ccc2oc(=O)cc(N(Cc3ccc4ccccc4c3)C3CCNCC3)c2c1. The normalized spacial score (nSPS) is 14.7. The van der Waals surface area contributed by atoms with Crippen molar-refractivity contribution in [3.05, 3.63) is 82.7 Å². The number of piperidine rings is 1. The zero-order valence-corrected chi connectivity index (χ0v) is 17.6. The van der Waals surface area contributed by atoms with Gasteiger partial charge in [0.05, 0.1) is 12.8 Å². The molecular weight excluding hydrogens is 388 g/mol. The standard InChI is InChI=1S/C26H26N2O3/c1-30-22-8-9-25-23(15-22)24(16-26(29)31-25)28(21-10-12-27-13-11-21)17-18-6-7-19-4-2-3-5-20(19)14-18/h2-9,14-16,21,27H,10-13,17H2,1H3. The van der Waals surface area contributed by atoms with E-state index in [0.29, 0.717) is 11.6 Å². The van der Waals surface area contributed by atoms with E-state index in [2.05, 4.69) is 52.7 Å². The van der Waals surface area contributed by atoms with Crippen LogP contribution in [0.5, 0.6) is 5.75 Å². The average Bonchev–Trinajstić information content (AvgIpc) is 2.82. The number of ether oxygens (including phenoxy) is 1. The topological polar surface area (TPSA) is 54.7 Å². The molecule has 3 aromatic carbocycles. The second-order valence-corrected chi connectivity index (χ2v) is 8.10. The molecular formula is C26H26N2O3. The van der Waals surface area contributed by atoms with Crippen molar-refractivity contribution < 1.29 is 9.15 Å². The Bertz CT molecular complexity index is 1270. The van der Waals surface area contributed by atoms with Gasteiger partial charge in [0.15, 0.2) is 0 Å². The third-order valence-electron chi connectivity index (χ3n) is 6.15. The van der Waals surface area contributed by atoms with Gasteiger partial charge in [0.1, 0.15) is 11.3 Å². The van der Waals surface area contributed by atoms with Gasteiger partial charge in [0.2, 0.25) is 0 Å². The Labute approximate surface area is 181 Å². The molecule has 0 amide bonds. The van der Waals surface area contributed by atoms with Crippen LogP contribution in [-0.2, 0) is 6.54 Å². The van der Waals surface area contributed by atoms with Gasteiger partial charge in [0.25, 0.3) is 0 Å². The number of benzene rings is 3. The van der Waals surface area contributed by atoms with Crippen LogP contribution in [0.4, 0.5) is 5.69 Å². The predicted molar refractivity (Wildman–Crippen MR) is 125 cm³/mol. The molecule has 0 aliphatic carbocycles. The van der Waals surface area contributed by atoms with E-state index in [1.54, 1.807) is 13.2 Å². The van der Waals surface area contributed by atoms with Gasteiger partial charge in [0, 0.05) is 24.0 Å². The molecule has 1 N–H and O–H groups in total. The van der Waals surface area contributed by atoms with Crippen LogP contribution in [0.25, 0.3) is 21.7 Å². The minimum atomic E-state index is -0.329. The predicted octanol–water partition coefficient (Wildman–Crippen LogP) is 4.71. The van der Waals surface area contributed by atoms with Gasteiger partial charge in [-0.15, -0.1) is 0 Å². The van der Waals surface area contributed by atoms with Crippen LogP contribution in [0.2, 0.25) is 0 Å². The molecule has 1 saturated heterocycles. The summed E-state index contributed by atoms with van der Waals surface area (Å²) in [6.45, 7) is 2.68. The largest absolute Gasteiger partial charge is 0.497 e. The molecule has 1 fully saturated rings. The Morgan fingerprint density at radius 1 is 1.00 bits per heavy atom. The number of anilines is 1. The lowest BCUT2D eigenvalue weighted by Gasteiger charge is -2.37. The first kappa shape index (κ1) is 19.6. The molecule has 0 unspecified atom stereocenters. The molecule has 1 aromatic heterocycles. The highest BCUT2D eigenvalue weighted by atomic mass is 16.5. The summed E-state index contributed by atoms with van der Waals surface area (Å²) in [4.78, 5) is 14.8. The summed E-state index contributed by atoms with van der Waals surface area (Å²) in [5.41, 5.74) is 2.39. The van der Waals surface area contributed by atoms with Crippen molar-refractivity contribution >= 4 is 27.4 Å². The maximum absolute atomic E-state index is 12.4. The van der Waals surface area contributed by atoms with E-state index in [1.165, 1.54) is 16.3 Å². The Kier molecular flexibility index (Phi) is 5.35. The van der Waals surface area contributed by atoms with E-state index in [-0.39, 0.29) is 5.63 Å². The van der Waals surface area contributed by atoms with Gasteiger partial charge < -0.3 is 19.4 Å².